The number of anilines is 1. The normalized spacial score (nSPS) is 21.1. The van der Waals surface area contributed by atoms with Crippen molar-refractivity contribution in [2.24, 2.45) is 5.41 Å². The van der Waals surface area contributed by atoms with Crippen LogP contribution in [0.5, 0.6) is 0 Å². The number of ether oxygens (including phenoxy) is 2. The van der Waals surface area contributed by atoms with Crippen molar-refractivity contribution in [2.45, 2.75) is 25.4 Å². The van der Waals surface area contributed by atoms with E-state index >= 15 is 0 Å². The van der Waals surface area contributed by atoms with Gasteiger partial charge in [0.05, 0.1) is 32.0 Å². The fourth-order valence-electron chi connectivity index (χ4n) is 4.61. The number of nitrogens with zero attached hydrogens (tertiary/aromatic N) is 2. The fourth-order valence-corrected chi connectivity index (χ4v) is 4.61. The second-order valence-corrected chi connectivity index (χ2v) is 8.81. The van der Waals surface area contributed by atoms with Crippen molar-refractivity contribution in [2.75, 3.05) is 45.3 Å². The van der Waals surface area contributed by atoms with Crippen molar-refractivity contribution >= 4 is 11.7 Å². The van der Waals surface area contributed by atoms with Gasteiger partial charge in [0.15, 0.2) is 0 Å². The van der Waals surface area contributed by atoms with Crippen LogP contribution in [0.2, 0.25) is 0 Å². The van der Waals surface area contributed by atoms with Crippen molar-refractivity contribution in [3.8, 4) is 11.1 Å². The highest BCUT2D eigenvalue weighted by atomic mass is 16.5. The summed E-state index contributed by atoms with van der Waals surface area (Å²) in [6.45, 7) is 6.10. The lowest BCUT2D eigenvalue weighted by Crippen LogP contribution is -2.59. The third kappa shape index (κ3) is 3.93. The molecule has 0 atom stereocenters. The molecule has 3 fully saturated rings. The topological polar surface area (TPSA) is 89.7 Å². The number of hydrogen-bond donors (Lipinski definition) is 2. The molecule has 0 radical (unpaired) electrons. The molecule has 0 unspecified atom stereocenters. The van der Waals surface area contributed by atoms with Gasteiger partial charge in [-0.25, -0.2) is 4.98 Å². The zero-order valence-electron chi connectivity index (χ0n) is 17.1. The molecule has 1 aromatic heterocycles. The summed E-state index contributed by atoms with van der Waals surface area (Å²) >= 11 is 0. The van der Waals surface area contributed by atoms with Crippen LogP contribution in [0.25, 0.3) is 11.1 Å². The number of amides is 1. The van der Waals surface area contributed by atoms with Gasteiger partial charge in [0.1, 0.15) is 5.82 Å². The van der Waals surface area contributed by atoms with Crippen LogP contribution in [-0.2, 0) is 16.0 Å². The summed E-state index contributed by atoms with van der Waals surface area (Å²) in [6, 6.07) is 10.5. The largest absolute Gasteiger partial charge is 0.383 e. The van der Waals surface area contributed by atoms with E-state index in [4.69, 9.17) is 15.2 Å². The first-order chi connectivity index (χ1) is 14.6. The van der Waals surface area contributed by atoms with E-state index in [-0.39, 0.29) is 17.8 Å². The molecule has 2 aliphatic heterocycles. The molecule has 3 N–H and O–H groups in total. The van der Waals surface area contributed by atoms with Gasteiger partial charge in [-0.3, -0.25) is 9.69 Å². The third-order valence-corrected chi connectivity index (χ3v) is 6.47. The van der Waals surface area contributed by atoms with E-state index in [1.165, 1.54) is 5.56 Å². The predicted molar refractivity (Wildman–Crippen MR) is 114 cm³/mol. The highest BCUT2D eigenvalue weighted by Gasteiger charge is 2.50. The molecule has 0 bridgehead atoms. The smallest absolute Gasteiger partial charge is 0.255 e. The van der Waals surface area contributed by atoms with E-state index in [0.717, 1.165) is 70.0 Å². The molecule has 1 aliphatic carbocycles. The number of nitrogens with one attached hydrogen (secondary N) is 1. The minimum atomic E-state index is -0.147. The van der Waals surface area contributed by atoms with Gasteiger partial charge >= 0.3 is 0 Å². The minimum Gasteiger partial charge on any atom is -0.383 e. The van der Waals surface area contributed by atoms with Gasteiger partial charge < -0.3 is 20.5 Å². The van der Waals surface area contributed by atoms with Crippen molar-refractivity contribution in [3.05, 3.63) is 47.7 Å². The number of nitrogen functional groups attached to an aromatic ring is 1. The number of benzene rings is 1. The Bertz CT molecular complexity index is 913. The molecule has 1 spiro atoms. The molecule has 2 aromatic rings. The Kier molecular flexibility index (Phi) is 5.18. The van der Waals surface area contributed by atoms with Crippen LogP contribution in [0.3, 0.4) is 0 Å². The average molecular weight is 409 g/mol. The Hall–Kier alpha value is -2.48. The lowest BCUT2D eigenvalue weighted by molar-refractivity contribution is -0.165. The molecule has 1 amide bonds. The maximum Gasteiger partial charge on any atom is 0.255 e. The molecular formula is C23H28N4O3. The second-order valence-electron chi connectivity index (χ2n) is 8.81. The molecule has 7 nitrogen and oxygen atoms in total. The molecule has 1 aromatic carbocycles. The lowest BCUT2D eigenvalue weighted by Gasteiger charge is -2.53. The molecule has 30 heavy (non-hydrogen) atoms. The van der Waals surface area contributed by atoms with E-state index in [1.54, 1.807) is 6.20 Å². The summed E-state index contributed by atoms with van der Waals surface area (Å²) in [7, 11) is 0. The monoisotopic (exact) mass is 408 g/mol. The molecule has 3 heterocycles. The summed E-state index contributed by atoms with van der Waals surface area (Å²) in [5.41, 5.74) is 9.95. The van der Waals surface area contributed by atoms with Gasteiger partial charge in [-0.15, -0.1) is 0 Å². The zero-order chi connectivity index (χ0) is 20.6. The molecule has 7 heteroatoms. The average Bonchev–Trinajstić information content (AvgIpc) is 2.70. The van der Waals surface area contributed by atoms with Gasteiger partial charge in [0.2, 0.25) is 0 Å². The fraction of sp³-hybridized carbons (Fsp3) is 0.478. The first-order valence-corrected chi connectivity index (χ1v) is 10.6. The molecule has 158 valence electrons. The molecule has 2 saturated heterocycles. The highest BCUT2D eigenvalue weighted by molar-refractivity contribution is 5.99. The van der Waals surface area contributed by atoms with Gasteiger partial charge in [-0.2, -0.15) is 0 Å². The van der Waals surface area contributed by atoms with E-state index < -0.39 is 0 Å². The summed E-state index contributed by atoms with van der Waals surface area (Å²) in [4.78, 5) is 19.4. The van der Waals surface area contributed by atoms with Gasteiger partial charge in [0, 0.05) is 42.9 Å². The molecule has 3 aliphatic rings. The highest BCUT2D eigenvalue weighted by Crippen LogP contribution is 2.46. The number of hydrogen-bond acceptors (Lipinski definition) is 6. The Morgan fingerprint density at radius 2 is 1.87 bits per heavy atom. The standard InChI is InChI=1S/C23H28N4O3/c24-21-20(22(28)26-19-10-23(11-19)14-30-15-23)9-18(12-25-21)17-3-1-16(2-4-17)13-27-5-7-29-8-6-27/h1-4,9,12,19H,5-8,10-11,13-15H2,(H2,24,25)(H,26,28). The second kappa shape index (κ2) is 7.98. The molecular weight excluding hydrogens is 380 g/mol. The minimum absolute atomic E-state index is 0.147. The maximum absolute atomic E-state index is 12.8. The lowest BCUT2D eigenvalue weighted by atomic mass is 9.64. The summed E-state index contributed by atoms with van der Waals surface area (Å²) in [6.07, 6.45) is 3.69. The van der Waals surface area contributed by atoms with Crippen molar-refractivity contribution in [1.82, 2.24) is 15.2 Å². The number of carbonyl (C=O) groups is 1. The van der Waals surface area contributed by atoms with Crippen molar-refractivity contribution in [1.29, 1.82) is 0 Å². The van der Waals surface area contributed by atoms with Gasteiger partial charge in [0.25, 0.3) is 5.91 Å². The van der Waals surface area contributed by atoms with Crippen LogP contribution in [-0.4, -0.2) is 61.3 Å². The Morgan fingerprint density at radius 3 is 2.53 bits per heavy atom. The van der Waals surface area contributed by atoms with E-state index in [1.807, 2.05) is 6.07 Å². The predicted octanol–water partition coefficient (Wildman–Crippen LogP) is 2.07. The van der Waals surface area contributed by atoms with E-state index in [9.17, 15) is 4.79 Å². The van der Waals surface area contributed by atoms with Crippen LogP contribution in [0, 0.1) is 5.41 Å². The summed E-state index contributed by atoms with van der Waals surface area (Å²) in [5, 5.41) is 3.10. The maximum atomic E-state index is 12.8. The number of pyridine rings is 1. The molecule has 5 rings (SSSR count). The van der Waals surface area contributed by atoms with Gasteiger partial charge in [-0.1, -0.05) is 24.3 Å². The Balaban J connectivity index is 1.25. The summed E-state index contributed by atoms with van der Waals surface area (Å²) < 4.78 is 10.7. The number of aromatic nitrogens is 1. The van der Waals surface area contributed by atoms with Crippen molar-refractivity contribution in [3.63, 3.8) is 0 Å². The Morgan fingerprint density at radius 1 is 1.13 bits per heavy atom. The quantitative estimate of drug-likeness (QED) is 0.787. The number of morpholine rings is 1. The first kappa shape index (κ1) is 19.5. The SMILES string of the molecule is Nc1ncc(-c2ccc(CN3CCOCC3)cc2)cc1C(=O)NC1CC2(COC2)C1. The van der Waals surface area contributed by atoms with Crippen LogP contribution >= 0.6 is 0 Å². The van der Waals surface area contributed by atoms with E-state index in [0.29, 0.717) is 11.0 Å². The molecule has 1 saturated carbocycles. The summed E-state index contributed by atoms with van der Waals surface area (Å²) in [5.74, 6) is 0.118. The number of rotatable bonds is 5. The third-order valence-electron chi connectivity index (χ3n) is 6.47. The number of nitrogens with two attached hydrogens (primary N) is 1. The van der Waals surface area contributed by atoms with Crippen LogP contribution < -0.4 is 11.1 Å². The van der Waals surface area contributed by atoms with E-state index in [2.05, 4.69) is 39.5 Å². The zero-order valence-corrected chi connectivity index (χ0v) is 17.1. The van der Waals surface area contributed by atoms with Crippen LogP contribution in [0.4, 0.5) is 5.82 Å². The Labute approximate surface area is 176 Å². The number of carbonyl (C=O) groups excluding carboxylic acids is 1. The first-order valence-electron chi connectivity index (χ1n) is 10.6. The van der Waals surface area contributed by atoms with Gasteiger partial charge in [-0.05, 0) is 30.0 Å². The van der Waals surface area contributed by atoms with Crippen LogP contribution in [0.1, 0.15) is 28.8 Å². The van der Waals surface area contributed by atoms with Crippen LogP contribution in [0.15, 0.2) is 36.5 Å². The van der Waals surface area contributed by atoms with Crippen molar-refractivity contribution < 1.29 is 14.3 Å².